The highest BCUT2D eigenvalue weighted by molar-refractivity contribution is 8.00. The van der Waals surface area contributed by atoms with Crippen LogP contribution >= 0.6 is 11.8 Å². The van der Waals surface area contributed by atoms with Crippen LogP contribution in [-0.2, 0) is 14.3 Å². The monoisotopic (exact) mass is 370 g/mol. The minimum atomic E-state index is -0.922. The second-order valence-corrected chi connectivity index (χ2v) is 6.32. The lowest BCUT2D eigenvalue weighted by molar-refractivity contribution is -0.150. The third-order valence-corrected chi connectivity index (χ3v) is 4.36. The molecule has 0 fully saturated rings. The first-order chi connectivity index (χ1) is 12.5. The van der Waals surface area contributed by atoms with Crippen LogP contribution in [0.15, 0.2) is 53.4 Å². The molecule has 1 amide bonds. The molecule has 0 heterocycles. The van der Waals surface area contributed by atoms with Crippen molar-refractivity contribution in [2.75, 3.05) is 18.2 Å². The number of nitriles is 1. The van der Waals surface area contributed by atoms with E-state index in [9.17, 15) is 9.59 Å². The highest BCUT2D eigenvalue weighted by Gasteiger charge is 2.18. The molecule has 0 spiro atoms. The molecule has 0 bridgehead atoms. The maximum atomic E-state index is 12.1. The number of nitrogens with one attached hydrogen (secondary N) is 1. The standard InChI is InChI=1S/C19H18N2O4S/c1-13(19(23)21-15-5-3-14(11-20)4-6-15)25-18(22)12-26-17-9-7-16(24-2)8-10-17/h3-10,13H,12H2,1-2H3,(H,21,23)/t13-/m0/s1. The molecule has 6 nitrogen and oxygen atoms in total. The molecule has 2 rings (SSSR count). The van der Waals surface area contributed by atoms with Gasteiger partial charge in [-0.2, -0.15) is 5.26 Å². The van der Waals surface area contributed by atoms with Crippen molar-refractivity contribution in [2.45, 2.75) is 17.9 Å². The zero-order valence-corrected chi connectivity index (χ0v) is 15.2. The molecule has 1 atom stereocenters. The number of carbonyl (C=O) groups excluding carboxylic acids is 2. The van der Waals surface area contributed by atoms with Gasteiger partial charge in [-0.25, -0.2) is 0 Å². The van der Waals surface area contributed by atoms with E-state index in [-0.39, 0.29) is 5.75 Å². The van der Waals surface area contributed by atoms with Crippen LogP contribution in [0.1, 0.15) is 12.5 Å². The van der Waals surface area contributed by atoms with Crippen molar-refractivity contribution >= 4 is 29.3 Å². The zero-order chi connectivity index (χ0) is 18.9. The molecule has 134 valence electrons. The van der Waals surface area contributed by atoms with Gasteiger partial charge in [-0.05, 0) is 55.5 Å². The van der Waals surface area contributed by atoms with Gasteiger partial charge in [0.05, 0.1) is 24.5 Å². The van der Waals surface area contributed by atoms with Gasteiger partial charge in [-0.15, -0.1) is 11.8 Å². The summed E-state index contributed by atoms with van der Waals surface area (Å²) in [5, 5.41) is 11.4. The van der Waals surface area contributed by atoms with E-state index in [0.717, 1.165) is 10.6 Å². The first-order valence-corrected chi connectivity index (χ1v) is 8.77. The van der Waals surface area contributed by atoms with E-state index in [2.05, 4.69) is 5.32 Å². The first-order valence-electron chi connectivity index (χ1n) is 7.79. The summed E-state index contributed by atoms with van der Waals surface area (Å²) < 4.78 is 10.2. The smallest absolute Gasteiger partial charge is 0.317 e. The number of hydrogen-bond acceptors (Lipinski definition) is 6. The first kappa shape index (κ1) is 19.3. The summed E-state index contributed by atoms with van der Waals surface area (Å²) >= 11 is 1.32. The number of benzene rings is 2. The highest BCUT2D eigenvalue weighted by atomic mass is 32.2. The van der Waals surface area contributed by atoms with Crippen molar-refractivity contribution in [1.29, 1.82) is 5.26 Å². The number of anilines is 1. The normalized spacial score (nSPS) is 11.1. The lowest BCUT2D eigenvalue weighted by Crippen LogP contribution is -2.30. The summed E-state index contributed by atoms with van der Waals surface area (Å²) in [5.74, 6) is -0.0725. The number of thioether (sulfide) groups is 1. The maximum Gasteiger partial charge on any atom is 0.317 e. The average molecular weight is 370 g/mol. The number of esters is 1. The SMILES string of the molecule is COc1ccc(SCC(=O)O[C@@H](C)C(=O)Nc2ccc(C#N)cc2)cc1. The Morgan fingerprint density at radius 2 is 1.81 bits per heavy atom. The van der Waals surface area contributed by atoms with Crippen molar-refractivity contribution in [3.8, 4) is 11.8 Å². The molecular formula is C19H18N2O4S. The summed E-state index contributed by atoms with van der Waals surface area (Å²) in [6, 6.07) is 15.7. The van der Waals surface area contributed by atoms with Gasteiger partial charge in [0.1, 0.15) is 5.75 Å². The van der Waals surface area contributed by atoms with Crippen molar-refractivity contribution < 1.29 is 19.1 Å². The van der Waals surface area contributed by atoms with Gasteiger partial charge in [0.25, 0.3) is 5.91 Å². The molecule has 0 saturated heterocycles. The quantitative estimate of drug-likeness (QED) is 0.595. The van der Waals surface area contributed by atoms with E-state index in [4.69, 9.17) is 14.7 Å². The van der Waals surface area contributed by atoms with Gasteiger partial charge in [-0.3, -0.25) is 9.59 Å². The van der Waals surface area contributed by atoms with Gasteiger partial charge >= 0.3 is 5.97 Å². The third kappa shape index (κ3) is 5.83. The fourth-order valence-corrected chi connectivity index (χ4v) is 2.65. The summed E-state index contributed by atoms with van der Waals surface area (Å²) in [6.07, 6.45) is -0.922. The number of rotatable bonds is 7. The van der Waals surface area contributed by atoms with E-state index in [1.165, 1.54) is 18.7 Å². The van der Waals surface area contributed by atoms with Crippen molar-refractivity contribution in [3.63, 3.8) is 0 Å². The van der Waals surface area contributed by atoms with Gasteiger partial charge in [0, 0.05) is 10.6 Å². The molecule has 0 aliphatic heterocycles. The van der Waals surface area contributed by atoms with Crippen LogP contribution in [-0.4, -0.2) is 30.8 Å². The molecule has 0 saturated carbocycles. The number of carbonyl (C=O) groups is 2. The van der Waals surface area contributed by atoms with E-state index in [1.807, 2.05) is 18.2 Å². The Kier molecular flexibility index (Phi) is 7.06. The topological polar surface area (TPSA) is 88.4 Å². The summed E-state index contributed by atoms with van der Waals surface area (Å²) in [7, 11) is 1.59. The molecule has 26 heavy (non-hydrogen) atoms. The lowest BCUT2D eigenvalue weighted by Gasteiger charge is -2.13. The number of amides is 1. The number of methoxy groups -OCH3 is 1. The lowest BCUT2D eigenvalue weighted by atomic mass is 10.2. The Labute approximate surface area is 156 Å². The Hall–Kier alpha value is -2.98. The molecule has 0 aromatic heterocycles. The Bertz CT molecular complexity index is 798. The summed E-state index contributed by atoms with van der Waals surface area (Å²) in [6.45, 7) is 1.51. The summed E-state index contributed by atoms with van der Waals surface area (Å²) in [5.41, 5.74) is 1.03. The van der Waals surface area contributed by atoms with Crippen LogP contribution in [0.3, 0.4) is 0 Å². The van der Waals surface area contributed by atoms with Crippen molar-refractivity contribution in [2.24, 2.45) is 0 Å². The fourth-order valence-electron chi connectivity index (χ4n) is 1.97. The molecule has 7 heteroatoms. The second-order valence-electron chi connectivity index (χ2n) is 5.27. The minimum absolute atomic E-state index is 0.0980. The fraction of sp³-hybridized carbons (Fsp3) is 0.211. The van der Waals surface area contributed by atoms with E-state index < -0.39 is 18.0 Å². The van der Waals surface area contributed by atoms with Gasteiger partial charge < -0.3 is 14.8 Å². The number of ether oxygens (including phenoxy) is 2. The molecule has 2 aromatic rings. The Morgan fingerprint density at radius 1 is 1.15 bits per heavy atom. The predicted molar refractivity (Wildman–Crippen MR) is 99.1 cm³/mol. The summed E-state index contributed by atoms with van der Waals surface area (Å²) in [4.78, 5) is 24.9. The van der Waals surface area contributed by atoms with Crippen LogP contribution in [0.4, 0.5) is 5.69 Å². The average Bonchev–Trinajstić information content (AvgIpc) is 2.67. The van der Waals surface area contributed by atoms with Crippen LogP contribution in [0.25, 0.3) is 0 Å². The van der Waals surface area contributed by atoms with Crippen LogP contribution < -0.4 is 10.1 Å². The zero-order valence-electron chi connectivity index (χ0n) is 14.4. The van der Waals surface area contributed by atoms with Crippen molar-refractivity contribution in [1.82, 2.24) is 0 Å². The molecular weight excluding hydrogens is 352 g/mol. The molecule has 0 unspecified atom stereocenters. The maximum absolute atomic E-state index is 12.1. The van der Waals surface area contributed by atoms with E-state index in [1.54, 1.807) is 43.5 Å². The largest absolute Gasteiger partial charge is 0.497 e. The predicted octanol–water partition coefficient (Wildman–Crippen LogP) is 3.23. The highest BCUT2D eigenvalue weighted by Crippen LogP contribution is 2.21. The molecule has 1 N–H and O–H groups in total. The van der Waals surface area contributed by atoms with Crippen LogP contribution in [0.5, 0.6) is 5.75 Å². The van der Waals surface area contributed by atoms with Gasteiger partial charge in [0.15, 0.2) is 6.10 Å². The molecule has 0 aliphatic carbocycles. The van der Waals surface area contributed by atoms with Crippen LogP contribution in [0, 0.1) is 11.3 Å². The number of hydrogen-bond donors (Lipinski definition) is 1. The number of nitrogens with zero attached hydrogens (tertiary/aromatic N) is 1. The Morgan fingerprint density at radius 3 is 2.38 bits per heavy atom. The van der Waals surface area contributed by atoms with E-state index in [0.29, 0.717) is 11.3 Å². The molecule has 0 aliphatic rings. The van der Waals surface area contributed by atoms with E-state index >= 15 is 0 Å². The second kappa shape index (κ2) is 9.49. The van der Waals surface area contributed by atoms with Gasteiger partial charge in [0.2, 0.25) is 0 Å². The van der Waals surface area contributed by atoms with Crippen LogP contribution in [0.2, 0.25) is 0 Å². The minimum Gasteiger partial charge on any atom is -0.497 e. The third-order valence-electron chi connectivity index (χ3n) is 3.38. The Balaban J connectivity index is 1.79. The molecule has 2 aromatic carbocycles. The van der Waals surface area contributed by atoms with Crippen molar-refractivity contribution in [3.05, 3.63) is 54.1 Å². The molecule has 0 radical (unpaired) electrons. The van der Waals surface area contributed by atoms with Gasteiger partial charge in [-0.1, -0.05) is 0 Å².